The van der Waals surface area contributed by atoms with Crippen LogP contribution in [0.1, 0.15) is 26.3 Å². The number of aromatic nitrogens is 3. The predicted molar refractivity (Wildman–Crippen MR) is 103 cm³/mol. The molecule has 1 aromatic carbocycles. The lowest BCUT2D eigenvalue weighted by Gasteiger charge is -2.17. The van der Waals surface area contributed by atoms with E-state index in [1.54, 1.807) is 18.3 Å². The monoisotopic (exact) mass is 388 g/mol. The molecule has 4 rings (SSSR count). The van der Waals surface area contributed by atoms with Crippen molar-refractivity contribution in [3.63, 3.8) is 0 Å². The number of anilines is 1. The molecule has 8 heteroatoms. The molecule has 3 aromatic rings. The maximum absolute atomic E-state index is 12.6. The van der Waals surface area contributed by atoms with Gasteiger partial charge in [-0.05, 0) is 38.5 Å². The van der Waals surface area contributed by atoms with Crippen LogP contribution in [0.2, 0.25) is 0 Å². The van der Waals surface area contributed by atoms with E-state index in [-0.39, 0.29) is 17.8 Å². The summed E-state index contributed by atoms with van der Waals surface area (Å²) < 4.78 is 37.1. The summed E-state index contributed by atoms with van der Waals surface area (Å²) in [6.07, 6.45) is 2.65. The average Bonchev–Trinajstić information content (AvgIpc) is 3.30. The molecule has 1 fully saturated rings. The third kappa shape index (κ3) is 3.77. The number of benzene rings is 1. The van der Waals surface area contributed by atoms with E-state index in [0.29, 0.717) is 17.9 Å². The first kappa shape index (κ1) is 18.6. The number of nitrogens with one attached hydrogen (secondary N) is 1. The minimum absolute atomic E-state index is 0.103. The fourth-order valence-electron chi connectivity index (χ4n) is 3.41. The number of pyridine rings is 1. The SMILES string of the molecule is CC(C)n1ncc2nc(-c3cccc(OC(F)F)c3)cc(N[C@@H]3CCOC3)c21. The first-order valence-electron chi connectivity index (χ1n) is 9.29. The first-order chi connectivity index (χ1) is 13.5. The van der Waals surface area contributed by atoms with Gasteiger partial charge in [0, 0.05) is 18.2 Å². The lowest BCUT2D eigenvalue weighted by Crippen LogP contribution is -2.20. The van der Waals surface area contributed by atoms with E-state index in [0.717, 1.165) is 29.7 Å². The van der Waals surface area contributed by atoms with Crippen molar-refractivity contribution in [2.24, 2.45) is 0 Å². The second-order valence-electron chi connectivity index (χ2n) is 7.08. The van der Waals surface area contributed by atoms with Crippen LogP contribution >= 0.6 is 0 Å². The van der Waals surface area contributed by atoms with E-state index in [9.17, 15) is 8.78 Å². The summed E-state index contributed by atoms with van der Waals surface area (Å²) in [5, 5.41) is 8.03. The Morgan fingerprint density at radius 2 is 2.14 bits per heavy atom. The van der Waals surface area contributed by atoms with Crippen LogP contribution in [0.4, 0.5) is 14.5 Å². The van der Waals surface area contributed by atoms with Crippen molar-refractivity contribution < 1.29 is 18.3 Å². The number of rotatable bonds is 6. The number of ether oxygens (including phenoxy) is 2. The van der Waals surface area contributed by atoms with Crippen LogP contribution in [0, 0.1) is 0 Å². The molecule has 0 saturated carbocycles. The van der Waals surface area contributed by atoms with Gasteiger partial charge in [-0.25, -0.2) is 4.98 Å². The first-order valence-corrected chi connectivity index (χ1v) is 9.29. The Kier molecular flexibility index (Phi) is 5.13. The minimum atomic E-state index is -2.87. The van der Waals surface area contributed by atoms with Crippen molar-refractivity contribution in [1.29, 1.82) is 0 Å². The molecule has 2 aromatic heterocycles. The molecule has 0 amide bonds. The van der Waals surface area contributed by atoms with E-state index in [1.807, 2.05) is 16.8 Å². The zero-order valence-corrected chi connectivity index (χ0v) is 15.7. The quantitative estimate of drug-likeness (QED) is 0.675. The number of halogens is 2. The molecule has 3 heterocycles. The Bertz CT molecular complexity index is 968. The van der Waals surface area contributed by atoms with Crippen LogP contribution in [-0.4, -0.2) is 40.6 Å². The zero-order valence-electron chi connectivity index (χ0n) is 15.7. The summed E-state index contributed by atoms with van der Waals surface area (Å²) in [5.41, 5.74) is 3.93. The molecule has 1 atom stereocenters. The summed E-state index contributed by atoms with van der Waals surface area (Å²) in [6, 6.07) is 8.88. The lowest BCUT2D eigenvalue weighted by molar-refractivity contribution is -0.0498. The van der Waals surface area contributed by atoms with Crippen LogP contribution in [0.25, 0.3) is 22.3 Å². The number of hydrogen-bond donors (Lipinski definition) is 1. The third-order valence-corrected chi connectivity index (χ3v) is 4.69. The van der Waals surface area contributed by atoms with Gasteiger partial charge in [-0.3, -0.25) is 4.68 Å². The van der Waals surface area contributed by atoms with E-state index in [1.165, 1.54) is 6.07 Å². The van der Waals surface area contributed by atoms with Gasteiger partial charge in [0.15, 0.2) is 0 Å². The van der Waals surface area contributed by atoms with Crippen molar-refractivity contribution >= 4 is 16.7 Å². The van der Waals surface area contributed by atoms with Crippen molar-refractivity contribution in [2.75, 3.05) is 18.5 Å². The van der Waals surface area contributed by atoms with Crippen molar-refractivity contribution in [1.82, 2.24) is 14.8 Å². The van der Waals surface area contributed by atoms with E-state index in [2.05, 4.69) is 29.0 Å². The average molecular weight is 388 g/mol. The summed E-state index contributed by atoms with van der Waals surface area (Å²) in [4.78, 5) is 4.71. The summed E-state index contributed by atoms with van der Waals surface area (Å²) >= 11 is 0. The molecule has 28 heavy (non-hydrogen) atoms. The smallest absolute Gasteiger partial charge is 0.387 e. The van der Waals surface area contributed by atoms with Gasteiger partial charge in [0.05, 0.1) is 30.2 Å². The molecular formula is C20H22F2N4O2. The zero-order chi connectivity index (χ0) is 19.7. The van der Waals surface area contributed by atoms with Crippen LogP contribution in [0.5, 0.6) is 5.75 Å². The highest BCUT2D eigenvalue weighted by atomic mass is 19.3. The maximum atomic E-state index is 12.6. The Labute approximate surface area is 161 Å². The van der Waals surface area contributed by atoms with Crippen LogP contribution in [-0.2, 0) is 4.74 Å². The Morgan fingerprint density at radius 3 is 2.86 bits per heavy atom. The van der Waals surface area contributed by atoms with Crippen molar-refractivity contribution in [3.05, 3.63) is 36.5 Å². The summed E-state index contributed by atoms with van der Waals surface area (Å²) in [7, 11) is 0. The third-order valence-electron chi connectivity index (χ3n) is 4.69. The minimum Gasteiger partial charge on any atom is -0.435 e. The largest absolute Gasteiger partial charge is 0.435 e. The van der Waals surface area contributed by atoms with Gasteiger partial charge >= 0.3 is 6.61 Å². The number of alkyl halides is 2. The van der Waals surface area contributed by atoms with Crippen LogP contribution < -0.4 is 10.1 Å². The molecule has 148 valence electrons. The van der Waals surface area contributed by atoms with Gasteiger partial charge < -0.3 is 14.8 Å². The molecule has 6 nitrogen and oxygen atoms in total. The van der Waals surface area contributed by atoms with Crippen LogP contribution in [0.15, 0.2) is 36.5 Å². The Balaban J connectivity index is 1.79. The van der Waals surface area contributed by atoms with Gasteiger partial charge in [0.2, 0.25) is 0 Å². The molecule has 0 unspecified atom stereocenters. The van der Waals surface area contributed by atoms with Gasteiger partial charge in [0.25, 0.3) is 0 Å². The van der Waals surface area contributed by atoms with E-state index >= 15 is 0 Å². The van der Waals surface area contributed by atoms with Crippen molar-refractivity contribution in [2.45, 2.75) is 39.0 Å². The predicted octanol–water partition coefficient (Wildman–Crippen LogP) is 4.48. The second kappa shape index (κ2) is 7.71. The second-order valence-corrected chi connectivity index (χ2v) is 7.08. The number of hydrogen-bond acceptors (Lipinski definition) is 5. The summed E-state index contributed by atoms with van der Waals surface area (Å²) in [6.45, 7) is 2.64. The maximum Gasteiger partial charge on any atom is 0.387 e. The highest BCUT2D eigenvalue weighted by Gasteiger charge is 2.20. The Morgan fingerprint density at radius 1 is 1.29 bits per heavy atom. The number of fused-ring (bicyclic) bond motifs is 1. The van der Waals surface area contributed by atoms with E-state index in [4.69, 9.17) is 9.72 Å². The number of nitrogens with zero attached hydrogens (tertiary/aromatic N) is 3. The fraction of sp³-hybridized carbons (Fsp3) is 0.400. The molecule has 1 N–H and O–H groups in total. The summed E-state index contributed by atoms with van der Waals surface area (Å²) in [5.74, 6) is 0.103. The molecule has 0 radical (unpaired) electrons. The highest BCUT2D eigenvalue weighted by Crippen LogP contribution is 2.32. The molecule has 1 aliphatic heterocycles. The Hall–Kier alpha value is -2.74. The molecule has 1 aliphatic rings. The highest BCUT2D eigenvalue weighted by molar-refractivity contribution is 5.91. The fourth-order valence-corrected chi connectivity index (χ4v) is 3.41. The molecule has 0 spiro atoms. The van der Waals surface area contributed by atoms with Gasteiger partial charge in [-0.15, -0.1) is 0 Å². The normalized spacial score (nSPS) is 17.0. The van der Waals surface area contributed by atoms with Crippen LogP contribution in [0.3, 0.4) is 0 Å². The standard InChI is InChI=1S/C20H22F2N4O2/c1-12(2)26-19-17(24-14-6-7-27-11-14)9-16(25-18(19)10-23-26)13-4-3-5-15(8-13)28-20(21)22/h3-5,8-10,12,14,20H,6-7,11H2,1-2H3,(H,24,25)/t14-/m1/s1. The topological polar surface area (TPSA) is 61.2 Å². The van der Waals surface area contributed by atoms with Gasteiger partial charge in [-0.1, -0.05) is 12.1 Å². The molecule has 1 saturated heterocycles. The van der Waals surface area contributed by atoms with Crippen molar-refractivity contribution in [3.8, 4) is 17.0 Å². The van der Waals surface area contributed by atoms with Gasteiger partial charge in [-0.2, -0.15) is 13.9 Å². The van der Waals surface area contributed by atoms with Gasteiger partial charge in [0.1, 0.15) is 16.8 Å². The molecule has 0 aliphatic carbocycles. The van der Waals surface area contributed by atoms with E-state index < -0.39 is 6.61 Å². The lowest BCUT2D eigenvalue weighted by atomic mass is 10.1. The molecule has 0 bridgehead atoms. The molecular weight excluding hydrogens is 366 g/mol.